The Morgan fingerprint density at radius 2 is 2.10 bits per heavy atom. The molecule has 3 aliphatic carbocycles. The van der Waals surface area contributed by atoms with Crippen LogP contribution < -0.4 is 0 Å². The Kier molecular flexibility index (Phi) is 4.34. The number of ether oxygens (including phenoxy) is 1. The maximum Gasteiger partial charge on any atom is 0.337 e. The zero-order valence-electron chi connectivity index (χ0n) is 17.0. The van der Waals surface area contributed by atoms with Gasteiger partial charge in [-0.1, -0.05) is 19.1 Å². The van der Waals surface area contributed by atoms with Gasteiger partial charge < -0.3 is 4.74 Å². The number of methoxy groups -OCH3 is 1. The van der Waals surface area contributed by atoms with Crippen molar-refractivity contribution in [3.05, 3.63) is 70.8 Å². The number of halogens is 1. The molecule has 150 valence electrons. The van der Waals surface area contributed by atoms with Crippen LogP contribution in [0.15, 0.2) is 42.7 Å². The Morgan fingerprint density at radius 1 is 1.24 bits per heavy atom. The summed E-state index contributed by atoms with van der Waals surface area (Å²) in [5.74, 6) is 1.21. The molecule has 1 heterocycles. The number of allylic oxidation sites excluding steroid dienone is 2. The summed E-state index contributed by atoms with van der Waals surface area (Å²) in [6.45, 7) is 2.37. The molecule has 0 aliphatic heterocycles. The number of hydrogen-bond donors (Lipinski definition) is 0. The van der Waals surface area contributed by atoms with Crippen molar-refractivity contribution in [3.8, 4) is 0 Å². The van der Waals surface area contributed by atoms with E-state index in [0.29, 0.717) is 23.3 Å². The average molecular weight is 391 g/mol. The predicted octanol–water partition coefficient (Wildman–Crippen LogP) is 5.56. The van der Waals surface area contributed by atoms with Gasteiger partial charge in [-0.2, -0.15) is 0 Å². The molecule has 0 bridgehead atoms. The quantitative estimate of drug-likeness (QED) is 0.630. The first-order chi connectivity index (χ1) is 14.0. The summed E-state index contributed by atoms with van der Waals surface area (Å²) >= 11 is 0. The number of pyridine rings is 1. The number of fused-ring (bicyclic) bond motifs is 5. The normalized spacial score (nSPS) is 30.0. The summed E-state index contributed by atoms with van der Waals surface area (Å²) < 4.78 is 18.7. The minimum atomic E-state index is -0.267. The summed E-state index contributed by atoms with van der Waals surface area (Å²) in [4.78, 5) is 16.0. The van der Waals surface area contributed by atoms with Crippen molar-refractivity contribution in [2.45, 2.75) is 44.9 Å². The van der Waals surface area contributed by atoms with Gasteiger partial charge in [-0.25, -0.2) is 9.18 Å². The molecule has 2 aromatic rings. The Balaban J connectivity index is 1.45. The molecule has 0 amide bonds. The first kappa shape index (κ1) is 18.5. The van der Waals surface area contributed by atoms with Crippen molar-refractivity contribution in [3.63, 3.8) is 0 Å². The van der Waals surface area contributed by atoms with Gasteiger partial charge in [0.05, 0.1) is 18.9 Å². The minimum Gasteiger partial charge on any atom is -0.465 e. The summed E-state index contributed by atoms with van der Waals surface area (Å²) in [7, 11) is 1.43. The highest BCUT2D eigenvalue weighted by molar-refractivity contribution is 5.89. The van der Waals surface area contributed by atoms with Gasteiger partial charge >= 0.3 is 5.97 Å². The molecule has 0 saturated heterocycles. The van der Waals surface area contributed by atoms with Crippen molar-refractivity contribution in [1.82, 2.24) is 4.98 Å². The molecule has 1 saturated carbocycles. The molecule has 0 spiro atoms. The molecule has 5 rings (SSSR count). The van der Waals surface area contributed by atoms with E-state index in [1.165, 1.54) is 30.0 Å². The second-order valence-electron chi connectivity index (χ2n) is 9.02. The highest BCUT2D eigenvalue weighted by atomic mass is 19.1. The van der Waals surface area contributed by atoms with E-state index in [1.807, 2.05) is 12.1 Å². The van der Waals surface area contributed by atoms with Crippen LogP contribution in [0.25, 0.3) is 5.57 Å². The zero-order valence-corrected chi connectivity index (χ0v) is 17.0. The molecule has 3 aliphatic rings. The molecule has 4 unspecified atom stereocenters. The molecule has 1 aromatic carbocycles. The van der Waals surface area contributed by atoms with E-state index in [4.69, 9.17) is 4.74 Å². The molecule has 4 heteroatoms. The lowest BCUT2D eigenvalue weighted by Crippen LogP contribution is -2.41. The zero-order chi connectivity index (χ0) is 20.2. The summed E-state index contributed by atoms with van der Waals surface area (Å²) in [5.41, 5.74) is 5.66. The number of carbonyl (C=O) groups is 1. The van der Waals surface area contributed by atoms with Crippen LogP contribution in [0.3, 0.4) is 0 Å². The van der Waals surface area contributed by atoms with Gasteiger partial charge in [0.1, 0.15) is 5.82 Å². The molecular formula is C25H26FNO2. The van der Waals surface area contributed by atoms with Gasteiger partial charge in [0.25, 0.3) is 0 Å². The smallest absolute Gasteiger partial charge is 0.337 e. The van der Waals surface area contributed by atoms with Crippen LogP contribution in [-0.2, 0) is 11.2 Å². The molecule has 3 nitrogen and oxygen atoms in total. The number of carbonyl (C=O) groups excluding carboxylic acids is 1. The fourth-order valence-electron chi connectivity index (χ4n) is 6.40. The Hall–Kier alpha value is -2.49. The topological polar surface area (TPSA) is 39.2 Å². The summed E-state index contributed by atoms with van der Waals surface area (Å²) in [5, 5.41) is 0. The monoisotopic (exact) mass is 391 g/mol. The third-order valence-electron chi connectivity index (χ3n) is 7.74. The number of aromatic nitrogens is 1. The van der Waals surface area contributed by atoms with Crippen molar-refractivity contribution in [2.75, 3.05) is 7.11 Å². The third kappa shape index (κ3) is 2.84. The van der Waals surface area contributed by atoms with Crippen molar-refractivity contribution in [1.29, 1.82) is 0 Å². The molecule has 0 N–H and O–H groups in total. The molecule has 0 radical (unpaired) electrons. The second-order valence-corrected chi connectivity index (χ2v) is 9.02. The molecule has 1 aromatic heterocycles. The minimum absolute atomic E-state index is 0.0834. The Labute approximate surface area is 171 Å². The fraction of sp³-hybridized carbons (Fsp3) is 0.440. The first-order valence-electron chi connectivity index (χ1n) is 10.5. The molecule has 4 atom stereocenters. The van der Waals surface area contributed by atoms with Gasteiger partial charge in [-0.3, -0.25) is 4.98 Å². The molecule has 29 heavy (non-hydrogen) atoms. The van der Waals surface area contributed by atoms with Crippen molar-refractivity contribution >= 4 is 11.5 Å². The van der Waals surface area contributed by atoms with Crippen LogP contribution >= 0.6 is 0 Å². The lowest BCUT2D eigenvalue weighted by molar-refractivity contribution is 0.0600. The summed E-state index contributed by atoms with van der Waals surface area (Å²) in [6, 6.07) is 7.73. The van der Waals surface area contributed by atoms with Crippen LogP contribution in [0.4, 0.5) is 4.39 Å². The number of esters is 1. The van der Waals surface area contributed by atoms with E-state index in [-0.39, 0.29) is 17.2 Å². The van der Waals surface area contributed by atoms with Crippen molar-refractivity contribution in [2.24, 2.45) is 17.3 Å². The number of benzene rings is 1. The SMILES string of the molecule is COC(=O)c1ccc2c(c1)CCC1C2CCC2(C)C(c3cncc(F)c3)=CCC12. The lowest BCUT2D eigenvalue weighted by Gasteiger charge is -2.50. The Morgan fingerprint density at radius 3 is 2.90 bits per heavy atom. The number of hydrogen-bond acceptors (Lipinski definition) is 3. The average Bonchev–Trinajstić information content (AvgIpc) is 3.09. The highest BCUT2D eigenvalue weighted by Crippen LogP contribution is 2.63. The Bertz CT molecular complexity index is 1010. The maximum absolute atomic E-state index is 13.8. The van der Waals surface area contributed by atoms with Crippen LogP contribution in [0.2, 0.25) is 0 Å². The van der Waals surface area contributed by atoms with Gasteiger partial charge in [0.2, 0.25) is 0 Å². The van der Waals surface area contributed by atoms with Crippen LogP contribution in [0.1, 0.15) is 65.6 Å². The molecule has 1 fully saturated rings. The number of aryl methyl sites for hydroxylation is 1. The van der Waals surface area contributed by atoms with E-state index in [9.17, 15) is 9.18 Å². The fourth-order valence-corrected chi connectivity index (χ4v) is 6.40. The van der Waals surface area contributed by atoms with E-state index >= 15 is 0 Å². The number of rotatable bonds is 2. The van der Waals surface area contributed by atoms with Crippen LogP contribution in [-0.4, -0.2) is 18.1 Å². The predicted molar refractivity (Wildman–Crippen MR) is 110 cm³/mol. The number of nitrogens with zero attached hydrogens (tertiary/aromatic N) is 1. The van der Waals surface area contributed by atoms with Gasteiger partial charge in [-0.05, 0) is 95.7 Å². The first-order valence-corrected chi connectivity index (χ1v) is 10.5. The van der Waals surface area contributed by atoms with Gasteiger partial charge in [0, 0.05) is 6.20 Å². The second kappa shape index (κ2) is 6.79. The van der Waals surface area contributed by atoms with E-state index in [0.717, 1.165) is 37.7 Å². The van der Waals surface area contributed by atoms with E-state index < -0.39 is 0 Å². The van der Waals surface area contributed by atoms with Gasteiger partial charge in [0.15, 0.2) is 0 Å². The van der Waals surface area contributed by atoms with E-state index in [2.05, 4.69) is 24.1 Å². The third-order valence-corrected chi connectivity index (χ3v) is 7.74. The van der Waals surface area contributed by atoms with Crippen LogP contribution in [0.5, 0.6) is 0 Å². The van der Waals surface area contributed by atoms with Crippen LogP contribution in [0, 0.1) is 23.1 Å². The lowest BCUT2D eigenvalue weighted by atomic mass is 9.54. The van der Waals surface area contributed by atoms with Gasteiger partial charge in [-0.15, -0.1) is 0 Å². The summed E-state index contributed by atoms with van der Waals surface area (Å²) in [6.07, 6.45) is 10.8. The standard InChI is InChI=1S/C25H26FNO2/c1-25-10-9-20-19-5-4-16(24(28)29-2)11-15(19)3-6-21(20)23(25)8-7-22(25)17-12-18(26)14-27-13-17/h4-5,7,11-14,20-21,23H,3,6,8-10H2,1-2H3. The van der Waals surface area contributed by atoms with Crippen molar-refractivity contribution < 1.29 is 13.9 Å². The molecular weight excluding hydrogens is 365 g/mol. The maximum atomic E-state index is 13.8. The highest BCUT2D eigenvalue weighted by Gasteiger charge is 2.51. The largest absolute Gasteiger partial charge is 0.465 e. The van der Waals surface area contributed by atoms with E-state index in [1.54, 1.807) is 12.3 Å².